The topological polar surface area (TPSA) is 78.6 Å². The summed E-state index contributed by atoms with van der Waals surface area (Å²) in [6.07, 6.45) is 0. The fourth-order valence-corrected chi connectivity index (χ4v) is 4.58. The van der Waals surface area contributed by atoms with E-state index in [0.717, 1.165) is 15.8 Å². The van der Waals surface area contributed by atoms with Crippen LogP contribution in [0, 0.1) is 6.92 Å². The van der Waals surface area contributed by atoms with Crippen molar-refractivity contribution in [2.24, 2.45) is 0 Å². The van der Waals surface area contributed by atoms with Gasteiger partial charge in [-0.05, 0) is 36.8 Å². The zero-order valence-corrected chi connectivity index (χ0v) is 18.6. The Kier molecular flexibility index (Phi) is 5.62. The smallest absolute Gasteiger partial charge is 0.344 e. The summed E-state index contributed by atoms with van der Waals surface area (Å²) in [4.78, 5) is 29.8. The van der Waals surface area contributed by atoms with Crippen LogP contribution < -0.4 is 10.2 Å². The summed E-state index contributed by atoms with van der Waals surface area (Å²) in [5, 5.41) is 1.06. The number of aromatic nitrogens is 1. The SMILES string of the molecule is Cc1oc2cc(OCC(=O)OCc3ccccc3)ccc2c(=O)c1-c1nc2ccccc2s1. The van der Waals surface area contributed by atoms with Crippen molar-refractivity contribution < 1.29 is 18.7 Å². The van der Waals surface area contributed by atoms with Gasteiger partial charge >= 0.3 is 5.97 Å². The summed E-state index contributed by atoms with van der Waals surface area (Å²) in [6, 6.07) is 22.1. The van der Waals surface area contributed by atoms with E-state index in [2.05, 4.69) is 4.98 Å². The summed E-state index contributed by atoms with van der Waals surface area (Å²) < 4.78 is 17.7. The molecule has 33 heavy (non-hydrogen) atoms. The Morgan fingerprint density at radius 2 is 1.82 bits per heavy atom. The quantitative estimate of drug-likeness (QED) is 0.313. The van der Waals surface area contributed by atoms with Gasteiger partial charge in [0.15, 0.2) is 6.61 Å². The summed E-state index contributed by atoms with van der Waals surface area (Å²) in [5.74, 6) is 0.406. The molecule has 2 aromatic heterocycles. The number of carbonyl (C=O) groups is 1. The molecule has 0 amide bonds. The molecule has 6 nitrogen and oxygen atoms in total. The number of carbonyl (C=O) groups excluding carboxylic acids is 1. The van der Waals surface area contributed by atoms with Gasteiger partial charge in [0.1, 0.15) is 28.7 Å². The number of esters is 1. The summed E-state index contributed by atoms with van der Waals surface area (Å²) in [5.41, 5.74) is 2.44. The minimum atomic E-state index is -0.484. The molecule has 0 aliphatic carbocycles. The first-order valence-electron chi connectivity index (χ1n) is 10.3. The molecular weight excluding hydrogens is 438 g/mol. The van der Waals surface area contributed by atoms with Gasteiger partial charge < -0.3 is 13.9 Å². The molecule has 0 bridgehead atoms. The van der Waals surface area contributed by atoms with Gasteiger partial charge in [-0.3, -0.25) is 4.79 Å². The molecule has 164 valence electrons. The number of para-hydroxylation sites is 1. The highest BCUT2D eigenvalue weighted by atomic mass is 32.1. The summed E-state index contributed by atoms with van der Waals surface area (Å²) in [7, 11) is 0. The van der Waals surface area contributed by atoms with Crippen LogP contribution in [-0.4, -0.2) is 17.6 Å². The summed E-state index contributed by atoms with van der Waals surface area (Å²) in [6.45, 7) is 1.69. The van der Waals surface area contributed by atoms with Gasteiger partial charge in [-0.15, -0.1) is 11.3 Å². The Balaban J connectivity index is 1.35. The first kappa shape index (κ1) is 20.9. The van der Waals surface area contributed by atoms with Crippen molar-refractivity contribution in [3.8, 4) is 16.3 Å². The van der Waals surface area contributed by atoms with Crippen LogP contribution in [0.2, 0.25) is 0 Å². The molecule has 0 aliphatic rings. The molecule has 0 saturated carbocycles. The Labute approximate surface area is 193 Å². The Morgan fingerprint density at radius 3 is 2.64 bits per heavy atom. The van der Waals surface area contributed by atoms with Crippen molar-refractivity contribution in [2.75, 3.05) is 6.61 Å². The second-order valence-corrected chi connectivity index (χ2v) is 8.47. The van der Waals surface area contributed by atoms with Crippen molar-refractivity contribution >= 4 is 38.5 Å². The third kappa shape index (κ3) is 4.36. The molecule has 0 aliphatic heterocycles. The van der Waals surface area contributed by atoms with Crippen LogP contribution in [-0.2, 0) is 16.1 Å². The van der Waals surface area contributed by atoms with E-state index in [4.69, 9.17) is 13.9 Å². The van der Waals surface area contributed by atoms with Crippen LogP contribution in [0.15, 0.2) is 82.0 Å². The molecule has 0 unspecified atom stereocenters. The first-order valence-corrected chi connectivity index (χ1v) is 11.2. The normalized spacial score (nSPS) is 11.1. The lowest BCUT2D eigenvalue weighted by Gasteiger charge is -2.09. The average Bonchev–Trinajstić information content (AvgIpc) is 3.25. The minimum Gasteiger partial charge on any atom is -0.482 e. The van der Waals surface area contributed by atoms with Crippen molar-refractivity contribution in [1.82, 2.24) is 4.98 Å². The number of hydrogen-bond donors (Lipinski definition) is 0. The minimum absolute atomic E-state index is 0.151. The fourth-order valence-electron chi connectivity index (χ4n) is 3.52. The Bertz CT molecular complexity index is 1490. The van der Waals surface area contributed by atoms with Gasteiger partial charge in [-0.25, -0.2) is 9.78 Å². The Morgan fingerprint density at radius 1 is 1.03 bits per heavy atom. The van der Waals surface area contributed by atoms with E-state index < -0.39 is 5.97 Å². The van der Waals surface area contributed by atoms with E-state index in [1.54, 1.807) is 25.1 Å². The monoisotopic (exact) mass is 457 g/mol. The molecule has 0 atom stereocenters. The van der Waals surface area contributed by atoms with Crippen LogP contribution >= 0.6 is 11.3 Å². The van der Waals surface area contributed by atoms with Crippen LogP contribution in [0.4, 0.5) is 0 Å². The van der Waals surface area contributed by atoms with E-state index in [0.29, 0.717) is 33.1 Å². The van der Waals surface area contributed by atoms with Crippen molar-refractivity contribution in [3.63, 3.8) is 0 Å². The van der Waals surface area contributed by atoms with Crippen LogP contribution in [0.3, 0.4) is 0 Å². The third-order valence-electron chi connectivity index (χ3n) is 5.15. The molecule has 0 saturated heterocycles. The second kappa shape index (κ2) is 8.88. The number of ether oxygens (including phenoxy) is 2. The maximum atomic E-state index is 13.2. The number of rotatable bonds is 6. The van der Waals surface area contributed by atoms with Gasteiger partial charge in [0.25, 0.3) is 0 Å². The molecular formula is C26H19NO5S. The predicted molar refractivity (Wildman–Crippen MR) is 128 cm³/mol. The highest BCUT2D eigenvalue weighted by Gasteiger charge is 2.18. The molecule has 0 fully saturated rings. The fraction of sp³-hybridized carbons (Fsp3) is 0.115. The molecule has 0 N–H and O–H groups in total. The number of nitrogens with zero attached hydrogens (tertiary/aromatic N) is 1. The molecule has 5 aromatic rings. The largest absolute Gasteiger partial charge is 0.482 e. The predicted octanol–water partition coefficient (Wildman–Crippen LogP) is 5.50. The standard InChI is InChI=1S/C26H19NO5S/c1-16-24(26-27-20-9-5-6-10-22(20)33-26)25(29)19-12-11-18(13-21(19)32-16)30-15-23(28)31-14-17-7-3-2-4-8-17/h2-13H,14-15H2,1H3. The number of fused-ring (bicyclic) bond motifs is 2. The van der Waals surface area contributed by atoms with E-state index in [9.17, 15) is 9.59 Å². The van der Waals surface area contributed by atoms with Gasteiger partial charge in [0.2, 0.25) is 5.43 Å². The molecule has 2 heterocycles. The molecule has 5 rings (SSSR count). The zero-order chi connectivity index (χ0) is 22.8. The number of aryl methyl sites for hydroxylation is 1. The van der Waals surface area contributed by atoms with Gasteiger partial charge in [0.05, 0.1) is 21.2 Å². The van der Waals surface area contributed by atoms with E-state index in [1.165, 1.54) is 11.3 Å². The maximum absolute atomic E-state index is 13.2. The number of thiazole rings is 1. The molecule has 7 heteroatoms. The van der Waals surface area contributed by atoms with Crippen molar-refractivity contribution in [3.05, 3.63) is 94.3 Å². The second-order valence-electron chi connectivity index (χ2n) is 7.44. The van der Waals surface area contributed by atoms with Crippen LogP contribution in [0.25, 0.3) is 31.8 Å². The van der Waals surface area contributed by atoms with Gasteiger partial charge in [-0.1, -0.05) is 42.5 Å². The van der Waals surface area contributed by atoms with Gasteiger partial charge in [-0.2, -0.15) is 0 Å². The number of benzene rings is 3. The molecule has 0 radical (unpaired) electrons. The lowest BCUT2D eigenvalue weighted by Crippen LogP contribution is -2.15. The first-order chi connectivity index (χ1) is 16.1. The average molecular weight is 458 g/mol. The highest BCUT2D eigenvalue weighted by Crippen LogP contribution is 2.32. The van der Waals surface area contributed by atoms with Crippen LogP contribution in [0.1, 0.15) is 11.3 Å². The van der Waals surface area contributed by atoms with Crippen LogP contribution in [0.5, 0.6) is 5.75 Å². The Hall–Kier alpha value is -3.97. The molecule has 0 spiro atoms. The summed E-state index contributed by atoms with van der Waals surface area (Å²) >= 11 is 1.46. The zero-order valence-electron chi connectivity index (χ0n) is 17.7. The van der Waals surface area contributed by atoms with E-state index in [-0.39, 0.29) is 18.6 Å². The van der Waals surface area contributed by atoms with Gasteiger partial charge in [0, 0.05) is 6.07 Å². The van der Waals surface area contributed by atoms with E-state index >= 15 is 0 Å². The highest BCUT2D eigenvalue weighted by molar-refractivity contribution is 7.21. The maximum Gasteiger partial charge on any atom is 0.344 e. The third-order valence-corrected chi connectivity index (χ3v) is 6.20. The van der Waals surface area contributed by atoms with Crippen molar-refractivity contribution in [2.45, 2.75) is 13.5 Å². The lowest BCUT2D eigenvalue weighted by molar-refractivity contribution is -0.147. The lowest BCUT2D eigenvalue weighted by atomic mass is 10.1. The van der Waals surface area contributed by atoms with E-state index in [1.807, 2.05) is 54.6 Å². The number of hydrogen-bond acceptors (Lipinski definition) is 7. The molecule has 3 aromatic carbocycles. The van der Waals surface area contributed by atoms with Crippen molar-refractivity contribution in [1.29, 1.82) is 0 Å².